The summed E-state index contributed by atoms with van der Waals surface area (Å²) in [6.07, 6.45) is 13.7. The molecule has 0 bridgehead atoms. The number of hydrogen-bond acceptors (Lipinski definition) is 5. The molecule has 8 atom stereocenters. The second-order valence-electron chi connectivity index (χ2n) is 18.0. The van der Waals surface area contributed by atoms with Gasteiger partial charge in [0.25, 0.3) is 0 Å². The zero-order valence-corrected chi connectivity index (χ0v) is 29.1. The first-order chi connectivity index (χ1) is 20.6. The van der Waals surface area contributed by atoms with E-state index < -0.39 is 16.7 Å². The third-order valence-corrected chi connectivity index (χ3v) is 15.2. The minimum atomic E-state index is -0.581. The maximum Gasteiger partial charge on any atom is 0.312 e. The van der Waals surface area contributed by atoms with Crippen LogP contribution in [0.5, 0.6) is 0 Å². The van der Waals surface area contributed by atoms with Crippen LogP contribution in [0.3, 0.4) is 0 Å². The molecule has 0 spiro atoms. The van der Waals surface area contributed by atoms with Gasteiger partial charge >= 0.3 is 5.97 Å². The average Bonchev–Trinajstić information content (AvgIpc) is 3.48. The van der Waals surface area contributed by atoms with Crippen molar-refractivity contribution in [2.24, 2.45) is 56.2 Å². The number of amides is 1. The van der Waals surface area contributed by atoms with Crippen LogP contribution in [-0.2, 0) is 19.1 Å². The lowest BCUT2D eigenvalue weighted by Gasteiger charge is -2.71. The lowest BCUT2D eigenvalue weighted by molar-refractivity contribution is -0.196. The van der Waals surface area contributed by atoms with E-state index in [9.17, 15) is 14.4 Å². The van der Waals surface area contributed by atoms with Gasteiger partial charge in [-0.25, -0.2) is 0 Å². The summed E-state index contributed by atoms with van der Waals surface area (Å²) in [4.78, 5) is 43.8. The first-order valence-electron chi connectivity index (χ1n) is 17.9. The molecule has 1 amide bonds. The van der Waals surface area contributed by atoms with Gasteiger partial charge in [-0.15, -0.1) is 0 Å². The Morgan fingerprint density at radius 3 is 2.30 bits per heavy atom. The number of hydrogen-bond donors (Lipinski definition) is 1. The lowest BCUT2D eigenvalue weighted by Crippen LogP contribution is -2.66. The zero-order chi connectivity index (χ0) is 31.9. The number of nitrogens with one attached hydrogen (secondary N) is 1. The molecule has 6 heteroatoms. The fraction of sp³-hybridized carbons (Fsp3) is 0.868. The van der Waals surface area contributed by atoms with E-state index in [1.165, 1.54) is 18.4 Å². The Morgan fingerprint density at radius 2 is 1.61 bits per heavy atom. The second kappa shape index (κ2) is 10.7. The van der Waals surface area contributed by atoms with Crippen LogP contribution in [0.25, 0.3) is 0 Å². The van der Waals surface area contributed by atoms with Crippen LogP contribution in [0.4, 0.5) is 0 Å². The number of ketones is 1. The predicted octanol–water partition coefficient (Wildman–Crippen LogP) is 6.97. The van der Waals surface area contributed by atoms with Gasteiger partial charge in [-0.05, 0) is 123 Å². The van der Waals surface area contributed by atoms with Crippen LogP contribution in [0.1, 0.15) is 119 Å². The van der Waals surface area contributed by atoms with Crippen molar-refractivity contribution in [2.45, 2.75) is 119 Å². The number of ether oxygens (including phenoxy) is 1. The van der Waals surface area contributed by atoms with E-state index in [2.05, 4.69) is 64.8 Å². The summed E-state index contributed by atoms with van der Waals surface area (Å²) in [5.74, 6) is 0.371. The third kappa shape index (κ3) is 4.53. The van der Waals surface area contributed by atoms with Crippen molar-refractivity contribution in [2.75, 3.05) is 33.3 Å². The Kier molecular flexibility index (Phi) is 7.82. The highest BCUT2D eigenvalue weighted by Crippen LogP contribution is 2.75. The Morgan fingerprint density at radius 1 is 0.932 bits per heavy atom. The van der Waals surface area contributed by atoms with Crippen molar-refractivity contribution in [3.63, 3.8) is 0 Å². The van der Waals surface area contributed by atoms with E-state index in [0.29, 0.717) is 18.9 Å². The zero-order valence-electron chi connectivity index (χ0n) is 29.1. The fourth-order valence-corrected chi connectivity index (χ4v) is 12.5. The Bertz CT molecular complexity index is 1230. The number of carbonyl (C=O) groups excluding carboxylic acids is 3. The van der Waals surface area contributed by atoms with E-state index in [1.807, 2.05) is 0 Å². The third-order valence-electron chi connectivity index (χ3n) is 15.2. The molecule has 4 saturated carbocycles. The molecule has 6 aliphatic rings. The van der Waals surface area contributed by atoms with E-state index in [-0.39, 0.29) is 51.2 Å². The second-order valence-corrected chi connectivity index (χ2v) is 18.0. The molecule has 4 unspecified atom stereocenters. The first kappa shape index (κ1) is 32.3. The van der Waals surface area contributed by atoms with Crippen molar-refractivity contribution in [3.8, 4) is 0 Å². The number of Topliss-reactive ketones (excluding diaryl/α,β-unsaturated/α-hetero) is 1. The molecule has 44 heavy (non-hydrogen) atoms. The standard InChI is InChI=1S/C38H60N2O4/c1-33(2)15-17-38(32(43)44-8)18-16-36(6)26(27(38)24-33)11-12-29-35(5)23-25(31(42)39-19-22-40-20-9-10-21-40)30(41)34(3,4)28(35)13-14-37(29,36)7/h11,25,27-29H,9-10,12-24H2,1-8H3,(H,39,42)/t25?,27?,28?,29?,35-,36+,37+,38-/m0/s1. The van der Waals surface area contributed by atoms with Crippen LogP contribution in [0.2, 0.25) is 0 Å². The molecular weight excluding hydrogens is 548 g/mol. The van der Waals surface area contributed by atoms with Gasteiger partial charge in [0.15, 0.2) is 5.78 Å². The molecule has 1 N–H and O–H groups in total. The number of likely N-dealkylation sites (tertiary alicyclic amines) is 1. The normalized spacial score (nSPS) is 44.4. The SMILES string of the molecule is COC(=O)[C@]12CCC(C)(C)CC1C1=CCC3[C@@]4(C)CC(C(=O)NCCN5CCCC5)C(=O)C(C)(C)C4CC[C@@]3(C)[C@]1(C)CC2. The molecule has 6 rings (SSSR count). The van der Waals surface area contributed by atoms with Crippen LogP contribution >= 0.6 is 0 Å². The van der Waals surface area contributed by atoms with Gasteiger partial charge in [0, 0.05) is 18.5 Å². The Hall–Kier alpha value is -1.69. The number of esters is 1. The summed E-state index contributed by atoms with van der Waals surface area (Å²) in [6.45, 7) is 20.2. The Labute approximate surface area is 266 Å². The largest absolute Gasteiger partial charge is 0.469 e. The summed E-state index contributed by atoms with van der Waals surface area (Å²) in [6, 6.07) is 0. The number of methoxy groups -OCH3 is 1. The predicted molar refractivity (Wildman–Crippen MR) is 174 cm³/mol. The molecule has 0 aromatic carbocycles. The maximum atomic E-state index is 14.1. The molecule has 0 radical (unpaired) electrons. The van der Waals surface area contributed by atoms with Gasteiger partial charge in [-0.2, -0.15) is 0 Å². The van der Waals surface area contributed by atoms with E-state index >= 15 is 0 Å². The van der Waals surface area contributed by atoms with Gasteiger partial charge in [0.05, 0.1) is 18.4 Å². The van der Waals surface area contributed by atoms with Gasteiger partial charge in [-0.1, -0.05) is 60.1 Å². The van der Waals surface area contributed by atoms with Gasteiger partial charge in [0.1, 0.15) is 0 Å². The van der Waals surface area contributed by atoms with Crippen molar-refractivity contribution in [1.82, 2.24) is 10.2 Å². The summed E-state index contributed by atoms with van der Waals surface area (Å²) in [7, 11) is 1.57. The lowest BCUT2D eigenvalue weighted by atomic mass is 9.33. The topological polar surface area (TPSA) is 75.7 Å². The van der Waals surface area contributed by atoms with Crippen molar-refractivity contribution in [1.29, 1.82) is 0 Å². The van der Waals surface area contributed by atoms with Crippen molar-refractivity contribution < 1.29 is 19.1 Å². The molecule has 246 valence electrons. The fourth-order valence-electron chi connectivity index (χ4n) is 12.5. The molecule has 1 aliphatic heterocycles. The molecule has 6 nitrogen and oxygen atoms in total. The molecule has 0 aromatic rings. The number of fused-ring (bicyclic) bond motifs is 7. The highest BCUT2D eigenvalue weighted by Gasteiger charge is 2.70. The van der Waals surface area contributed by atoms with E-state index in [0.717, 1.165) is 71.0 Å². The first-order valence-corrected chi connectivity index (χ1v) is 17.9. The molecule has 5 fully saturated rings. The summed E-state index contributed by atoms with van der Waals surface area (Å²) >= 11 is 0. The van der Waals surface area contributed by atoms with E-state index in [1.54, 1.807) is 7.11 Å². The quantitative estimate of drug-likeness (QED) is 0.207. The van der Waals surface area contributed by atoms with Crippen LogP contribution in [0.15, 0.2) is 11.6 Å². The highest BCUT2D eigenvalue weighted by atomic mass is 16.5. The van der Waals surface area contributed by atoms with Gasteiger partial charge in [-0.3, -0.25) is 14.4 Å². The number of carbonyl (C=O) groups is 3. The van der Waals surface area contributed by atoms with E-state index in [4.69, 9.17) is 4.74 Å². The average molecular weight is 609 g/mol. The van der Waals surface area contributed by atoms with Crippen LogP contribution in [-0.4, -0.2) is 55.8 Å². The van der Waals surface area contributed by atoms with Crippen LogP contribution < -0.4 is 5.32 Å². The molecular formula is C38H60N2O4. The summed E-state index contributed by atoms with van der Waals surface area (Å²) in [5, 5.41) is 3.20. The number of allylic oxidation sites excluding steroid dienone is 2. The smallest absolute Gasteiger partial charge is 0.312 e. The molecule has 5 aliphatic carbocycles. The van der Waals surface area contributed by atoms with Crippen molar-refractivity contribution in [3.05, 3.63) is 11.6 Å². The summed E-state index contributed by atoms with van der Waals surface area (Å²) < 4.78 is 5.53. The monoisotopic (exact) mass is 608 g/mol. The minimum absolute atomic E-state index is 0.00461. The van der Waals surface area contributed by atoms with Gasteiger partial charge < -0.3 is 15.0 Å². The molecule has 1 saturated heterocycles. The highest BCUT2D eigenvalue weighted by molar-refractivity contribution is 6.04. The number of nitrogens with zero attached hydrogens (tertiary/aromatic N) is 1. The number of rotatable bonds is 5. The van der Waals surface area contributed by atoms with Gasteiger partial charge in [0.2, 0.25) is 5.91 Å². The van der Waals surface area contributed by atoms with Crippen molar-refractivity contribution >= 4 is 17.7 Å². The molecule has 1 heterocycles. The Balaban J connectivity index is 1.33. The maximum absolute atomic E-state index is 14.1. The minimum Gasteiger partial charge on any atom is -0.469 e. The molecule has 0 aromatic heterocycles. The summed E-state index contributed by atoms with van der Waals surface area (Å²) in [5.41, 5.74) is 0.692. The van der Waals surface area contributed by atoms with Crippen LogP contribution in [0, 0.1) is 56.2 Å².